The fourth-order valence-electron chi connectivity index (χ4n) is 1.79. The monoisotopic (exact) mass is 300 g/mol. The van der Waals surface area contributed by atoms with Gasteiger partial charge in [-0.1, -0.05) is 12.2 Å². The van der Waals surface area contributed by atoms with Crippen LogP contribution in [0.25, 0.3) is 0 Å². The van der Waals surface area contributed by atoms with E-state index in [2.05, 4.69) is 5.32 Å². The van der Waals surface area contributed by atoms with E-state index in [1.807, 2.05) is 6.92 Å². The Balaban J connectivity index is 2.05. The number of ether oxygens (including phenoxy) is 1. The van der Waals surface area contributed by atoms with Gasteiger partial charge in [-0.3, -0.25) is 4.79 Å². The Morgan fingerprint density at radius 2 is 1.67 bits per heavy atom. The van der Waals surface area contributed by atoms with Crippen LogP contribution in [0.2, 0.25) is 0 Å². The van der Waals surface area contributed by atoms with Crippen LogP contribution in [-0.2, 0) is 0 Å². The van der Waals surface area contributed by atoms with Crippen molar-refractivity contribution in [2.75, 3.05) is 11.9 Å². The predicted octanol–water partition coefficient (Wildman–Crippen LogP) is 2.97. The van der Waals surface area contributed by atoms with Crippen LogP contribution in [0.1, 0.15) is 22.8 Å². The van der Waals surface area contributed by atoms with Crippen molar-refractivity contribution in [1.82, 2.24) is 0 Å². The summed E-state index contributed by atoms with van der Waals surface area (Å²) in [5, 5.41) is 2.81. The van der Waals surface area contributed by atoms with Crippen molar-refractivity contribution in [2.24, 2.45) is 5.73 Å². The summed E-state index contributed by atoms with van der Waals surface area (Å²) in [6.07, 6.45) is 0. The number of hydrogen-bond donors (Lipinski definition) is 2. The fourth-order valence-corrected chi connectivity index (χ4v) is 1.93. The normalized spacial score (nSPS) is 9.95. The number of hydrogen-bond acceptors (Lipinski definition) is 3. The number of thiocarbonyl (C=S) groups is 1. The summed E-state index contributed by atoms with van der Waals surface area (Å²) < 4.78 is 5.34. The van der Waals surface area contributed by atoms with Crippen LogP contribution in [0.5, 0.6) is 5.75 Å². The number of carbonyl (C=O) groups excluding carboxylic acids is 1. The van der Waals surface area contributed by atoms with Crippen molar-refractivity contribution < 1.29 is 9.53 Å². The summed E-state index contributed by atoms with van der Waals surface area (Å²) in [6, 6.07) is 14.1. The second-order valence-electron chi connectivity index (χ2n) is 4.35. The number of anilines is 1. The van der Waals surface area contributed by atoms with Gasteiger partial charge in [0.2, 0.25) is 0 Å². The average molecular weight is 300 g/mol. The van der Waals surface area contributed by atoms with Crippen LogP contribution in [0, 0.1) is 0 Å². The Bertz CT molecular complexity index is 636. The zero-order valence-corrected chi connectivity index (χ0v) is 12.4. The molecule has 0 heterocycles. The molecule has 0 atom stereocenters. The first kappa shape index (κ1) is 15.0. The number of rotatable bonds is 5. The van der Waals surface area contributed by atoms with Gasteiger partial charge in [-0.25, -0.2) is 0 Å². The van der Waals surface area contributed by atoms with E-state index in [0.29, 0.717) is 22.8 Å². The van der Waals surface area contributed by atoms with E-state index in [-0.39, 0.29) is 5.91 Å². The predicted molar refractivity (Wildman–Crippen MR) is 87.9 cm³/mol. The van der Waals surface area contributed by atoms with Gasteiger partial charge >= 0.3 is 0 Å². The second-order valence-corrected chi connectivity index (χ2v) is 4.79. The zero-order chi connectivity index (χ0) is 15.2. The minimum absolute atomic E-state index is 0.180. The van der Waals surface area contributed by atoms with Gasteiger partial charge in [0.05, 0.1) is 6.61 Å². The maximum Gasteiger partial charge on any atom is 0.255 e. The minimum atomic E-state index is -0.180. The molecule has 0 fully saturated rings. The Morgan fingerprint density at radius 1 is 1.10 bits per heavy atom. The highest BCUT2D eigenvalue weighted by atomic mass is 32.1. The first-order valence-electron chi connectivity index (χ1n) is 6.54. The summed E-state index contributed by atoms with van der Waals surface area (Å²) in [7, 11) is 0. The van der Waals surface area contributed by atoms with Crippen molar-refractivity contribution in [3.05, 3.63) is 59.7 Å². The van der Waals surface area contributed by atoms with Crippen molar-refractivity contribution in [3.8, 4) is 5.75 Å². The van der Waals surface area contributed by atoms with Gasteiger partial charge in [-0.15, -0.1) is 0 Å². The number of amides is 1. The molecule has 3 N–H and O–H groups in total. The first-order chi connectivity index (χ1) is 10.1. The van der Waals surface area contributed by atoms with Gasteiger partial charge in [-0.2, -0.15) is 0 Å². The SMILES string of the molecule is CCOc1ccc(C(=O)Nc2ccc(C(N)=S)cc2)cc1. The molecule has 2 aromatic rings. The third kappa shape index (κ3) is 4.03. The van der Waals surface area contributed by atoms with Crippen LogP contribution >= 0.6 is 12.2 Å². The lowest BCUT2D eigenvalue weighted by Crippen LogP contribution is -2.13. The maximum absolute atomic E-state index is 12.1. The van der Waals surface area contributed by atoms with Crippen LogP contribution in [-0.4, -0.2) is 17.5 Å². The van der Waals surface area contributed by atoms with Crippen LogP contribution in [0.15, 0.2) is 48.5 Å². The molecule has 2 rings (SSSR count). The van der Waals surface area contributed by atoms with Crippen molar-refractivity contribution in [2.45, 2.75) is 6.92 Å². The van der Waals surface area contributed by atoms with Gasteiger partial charge in [0.1, 0.15) is 10.7 Å². The fraction of sp³-hybridized carbons (Fsp3) is 0.125. The van der Waals surface area contributed by atoms with E-state index >= 15 is 0 Å². The molecular weight excluding hydrogens is 284 g/mol. The highest BCUT2D eigenvalue weighted by Crippen LogP contribution is 2.15. The standard InChI is InChI=1S/C16H16N2O2S/c1-2-20-14-9-5-12(6-10-14)16(19)18-13-7-3-11(4-8-13)15(17)21/h3-10H,2H2,1H3,(H2,17,21)(H,18,19). The molecule has 0 unspecified atom stereocenters. The van der Waals surface area contributed by atoms with Crippen molar-refractivity contribution in [3.63, 3.8) is 0 Å². The van der Waals surface area contributed by atoms with Gasteiger partial charge < -0.3 is 15.8 Å². The summed E-state index contributed by atoms with van der Waals surface area (Å²) in [4.78, 5) is 12.4. The third-order valence-corrected chi connectivity index (χ3v) is 3.09. The van der Waals surface area contributed by atoms with E-state index in [0.717, 1.165) is 11.3 Å². The lowest BCUT2D eigenvalue weighted by molar-refractivity contribution is 0.102. The number of benzene rings is 2. The first-order valence-corrected chi connectivity index (χ1v) is 6.95. The molecule has 108 valence electrons. The smallest absolute Gasteiger partial charge is 0.255 e. The lowest BCUT2D eigenvalue weighted by atomic mass is 10.1. The summed E-state index contributed by atoms with van der Waals surface area (Å²) in [6.45, 7) is 2.51. The molecule has 0 bridgehead atoms. The van der Waals surface area contributed by atoms with Gasteiger partial charge in [0.25, 0.3) is 5.91 Å². The lowest BCUT2D eigenvalue weighted by Gasteiger charge is -2.07. The molecule has 0 aromatic heterocycles. The van der Waals surface area contributed by atoms with Crippen LogP contribution in [0.3, 0.4) is 0 Å². The second kappa shape index (κ2) is 6.85. The molecule has 5 heteroatoms. The third-order valence-electron chi connectivity index (χ3n) is 2.85. The maximum atomic E-state index is 12.1. The largest absolute Gasteiger partial charge is 0.494 e. The molecule has 21 heavy (non-hydrogen) atoms. The molecule has 4 nitrogen and oxygen atoms in total. The summed E-state index contributed by atoms with van der Waals surface area (Å²) >= 11 is 4.88. The molecule has 0 saturated carbocycles. The Labute approximate surface area is 128 Å². The van der Waals surface area contributed by atoms with Crippen molar-refractivity contribution >= 4 is 28.8 Å². The number of nitrogens with two attached hydrogens (primary N) is 1. The van der Waals surface area contributed by atoms with E-state index in [1.54, 1.807) is 48.5 Å². The topological polar surface area (TPSA) is 64.3 Å². The van der Waals surface area contributed by atoms with E-state index in [9.17, 15) is 4.79 Å². The zero-order valence-electron chi connectivity index (χ0n) is 11.6. The van der Waals surface area contributed by atoms with Gasteiger partial charge in [-0.05, 0) is 55.5 Å². The van der Waals surface area contributed by atoms with Crippen LogP contribution in [0.4, 0.5) is 5.69 Å². The highest BCUT2D eigenvalue weighted by Gasteiger charge is 2.06. The minimum Gasteiger partial charge on any atom is -0.494 e. The Hall–Kier alpha value is -2.40. The van der Waals surface area contributed by atoms with Crippen molar-refractivity contribution in [1.29, 1.82) is 0 Å². The average Bonchev–Trinajstić information content (AvgIpc) is 2.49. The molecule has 0 saturated heterocycles. The quantitative estimate of drug-likeness (QED) is 0.833. The van der Waals surface area contributed by atoms with Crippen LogP contribution < -0.4 is 15.8 Å². The summed E-state index contributed by atoms with van der Waals surface area (Å²) in [5.41, 5.74) is 7.55. The van der Waals surface area contributed by atoms with E-state index in [4.69, 9.17) is 22.7 Å². The number of carbonyl (C=O) groups is 1. The molecule has 0 aliphatic heterocycles. The summed E-state index contributed by atoms with van der Waals surface area (Å²) in [5.74, 6) is 0.566. The molecule has 2 aromatic carbocycles. The van der Waals surface area contributed by atoms with E-state index in [1.165, 1.54) is 0 Å². The molecule has 0 radical (unpaired) electrons. The molecule has 0 aliphatic carbocycles. The molecule has 1 amide bonds. The van der Waals surface area contributed by atoms with E-state index < -0.39 is 0 Å². The number of nitrogens with one attached hydrogen (secondary N) is 1. The Morgan fingerprint density at radius 3 is 2.19 bits per heavy atom. The molecular formula is C16H16N2O2S. The highest BCUT2D eigenvalue weighted by molar-refractivity contribution is 7.80. The molecule has 0 spiro atoms. The Kier molecular flexibility index (Phi) is 4.90. The van der Waals surface area contributed by atoms with Gasteiger partial charge in [0, 0.05) is 16.8 Å². The van der Waals surface area contributed by atoms with Gasteiger partial charge in [0.15, 0.2) is 0 Å². The molecule has 0 aliphatic rings.